The van der Waals surface area contributed by atoms with Crippen LogP contribution in [0.3, 0.4) is 0 Å². The summed E-state index contributed by atoms with van der Waals surface area (Å²) in [4.78, 5) is 20.6. The summed E-state index contributed by atoms with van der Waals surface area (Å²) in [6.45, 7) is 1.53. The van der Waals surface area contributed by atoms with Crippen molar-refractivity contribution in [3.05, 3.63) is 78.2 Å². The number of aliphatic hydroxyl groups is 1. The minimum Gasteiger partial charge on any atom is -0.454 e. The lowest BCUT2D eigenvalue weighted by molar-refractivity contribution is -0.119. The molecular weight excluding hydrogens is 519 g/mol. The topological polar surface area (TPSA) is 102 Å². The van der Waals surface area contributed by atoms with Crippen molar-refractivity contribution in [1.29, 1.82) is 0 Å². The van der Waals surface area contributed by atoms with Crippen LogP contribution in [0.25, 0.3) is 0 Å². The molecule has 4 rings (SSSR count). The number of hydrogen-bond acceptors (Lipinski definition) is 8. The first-order valence-electron chi connectivity index (χ1n) is 12.7. The molecule has 1 amide bonds. The Kier molecular flexibility index (Phi) is 9.77. The van der Waals surface area contributed by atoms with E-state index in [1.165, 1.54) is 18.3 Å². The Balaban J connectivity index is 1.29. The fourth-order valence-corrected chi connectivity index (χ4v) is 4.56. The standard InChI is InChI=1S/C28H33FN6O3S/c1-34(2)21-11-14-35(15-12-21)28(37)32-25-18-22(10-13-30-25)38-24-9-8-20(17-23(24)29)31-27(39)33-26(36)16-19-6-4-3-5-7-19/h3-10,13,17-18,21,28,37H,11-12,14-16H2,1-2H3,(H,30,32)(H2,31,33,36,39). The van der Waals surface area contributed by atoms with Gasteiger partial charge in [0.15, 0.2) is 23.0 Å². The zero-order valence-corrected chi connectivity index (χ0v) is 22.7. The number of halogens is 1. The quantitative estimate of drug-likeness (QED) is 0.233. The molecule has 0 spiro atoms. The van der Waals surface area contributed by atoms with E-state index in [1.807, 2.05) is 35.2 Å². The molecule has 2 heterocycles. The van der Waals surface area contributed by atoms with Crippen molar-refractivity contribution >= 4 is 34.7 Å². The number of aromatic nitrogens is 1. The van der Waals surface area contributed by atoms with Gasteiger partial charge in [0.1, 0.15) is 11.6 Å². The zero-order valence-electron chi connectivity index (χ0n) is 21.9. The molecule has 9 nitrogen and oxygen atoms in total. The lowest BCUT2D eigenvalue weighted by atomic mass is 10.0. The van der Waals surface area contributed by atoms with E-state index in [-0.39, 0.29) is 23.2 Å². The van der Waals surface area contributed by atoms with Crippen molar-refractivity contribution in [3.8, 4) is 11.5 Å². The average Bonchev–Trinajstić information content (AvgIpc) is 2.91. The van der Waals surface area contributed by atoms with Gasteiger partial charge in [-0.25, -0.2) is 9.37 Å². The lowest BCUT2D eigenvalue weighted by Crippen LogP contribution is -2.49. The van der Waals surface area contributed by atoms with Crippen molar-refractivity contribution in [3.63, 3.8) is 0 Å². The number of ether oxygens (including phenoxy) is 1. The summed E-state index contributed by atoms with van der Waals surface area (Å²) in [5.41, 5.74) is 1.22. The number of nitrogens with one attached hydrogen (secondary N) is 3. The molecular formula is C28H33FN6O3S. The summed E-state index contributed by atoms with van der Waals surface area (Å²) in [6, 6.07) is 17.3. The van der Waals surface area contributed by atoms with E-state index in [1.54, 1.807) is 18.2 Å². The van der Waals surface area contributed by atoms with E-state index >= 15 is 0 Å². The molecule has 1 atom stereocenters. The van der Waals surface area contributed by atoms with Gasteiger partial charge in [0.05, 0.1) is 6.42 Å². The van der Waals surface area contributed by atoms with E-state index in [4.69, 9.17) is 17.0 Å². The fraction of sp³-hybridized carbons (Fsp3) is 0.321. The molecule has 0 saturated carbocycles. The molecule has 1 aliphatic heterocycles. The van der Waals surface area contributed by atoms with Gasteiger partial charge < -0.3 is 30.7 Å². The number of benzene rings is 2. The van der Waals surface area contributed by atoms with Crippen molar-refractivity contribution < 1.29 is 19.0 Å². The third-order valence-electron chi connectivity index (χ3n) is 6.46. The van der Waals surface area contributed by atoms with E-state index in [9.17, 15) is 14.3 Å². The van der Waals surface area contributed by atoms with E-state index in [2.05, 4.69) is 39.9 Å². The van der Waals surface area contributed by atoms with Gasteiger partial charge >= 0.3 is 0 Å². The number of piperidine rings is 1. The zero-order chi connectivity index (χ0) is 27.8. The van der Waals surface area contributed by atoms with Crippen molar-refractivity contribution in [1.82, 2.24) is 20.1 Å². The summed E-state index contributed by atoms with van der Waals surface area (Å²) < 4.78 is 20.5. The largest absolute Gasteiger partial charge is 0.454 e. The fourth-order valence-electron chi connectivity index (χ4n) is 4.33. The summed E-state index contributed by atoms with van der Waals surface area (Å²) in [6.07, 6.45) is 2.75. The molecule has 0 bridgehead atoms. The number of hydrogen-bond donors (Lipinski definition) is 4. The van der Waals surface area contributed by atoms with Crippen LogP contribution in [0.2, 0.25) is 0 Å². The highest BCUT2D eigenvalue weighted by Crippen LogP contribution is 2.28. The summed E-state index contributed by atoms with van der Waals surface area (Å²) in [5.74, 6) is -0.125. The molecule has 1 aromatic heterocycles. The Labute approximate surface area is 233 Å². The molecule has 1 aliphatic rings. The lowest BCUT2D eigenvalue weighted by Gasteiger charge is -2.37. The SMILES string of the molecule is CN(C)C1CCN(C(O)Nc2cc(Oc3ccc(NC(=S)NC(=O)Cc4ccccc4)cc3F)ccn2)CC1. The maximum Gasteiger partial charge on any atom is 0.230 e. The first-order valence-corrected chi connectivity index (χ1v) is 13.1. The first-order chi connectivity index (χ1) is 18.8. The number of carbonyl (C=O) groups is 1. The van der Waals surface area contributed by atoms with Gasteiger partial charge in [0, 0.05) is 43.1 Å². The maximum absolute atomic E-state index is 14.8. The van der Waals surface area contributed by atoms with Gasteiger partial charge in [-0.3, -0.25) is 9.69 Å². The number of thiocarbonyl (C=S) groups is 1. The number of carbonyl (C=O) groups excluding carboxylic acids is 1. The van der Waals surface area contributed by atoms with Crippen LogP contribution in [0.15, 0.2) is 66.9 Å². The molecule has 0 aliphatic carbocycles. The van der Waals surface area contributed by atoms with Crippen molar-refractivity contribution in [2.75, 3.05) is 37.8 Å². The number of likely N-dealkylation sites (tertiary alicyclic amines) is 1. The van der Waals surface area contributed by atoms with Gasteiger partial charge in [-0.05, 0) is 62.9 Å². The summed E-state index contributed by atoms with van der Waals surface area (Å²) >= 11 is 5.19. The van der Waals surface area contributed by atoms with Crippen molar-refractivity contribution in [2.45, 2.75) is 31.7 Å². The van der Waals surface area contributed by atoms with Crippen LogP contribution in [0.5, 0.6) is 11.5 Å². The van der Waals surface area contributed by atoms with E-state index < -0.39 is 12.2 Å². The highest BCUT2D eigenvalue weighted by atomic mass is 32.1. The second kappa shape index (κ2) is 13.4. The minimum absolute atomic E-state index is 0.00281. The average molecular weight is 553 g/mol. The highest BCUT2D eigenvalue weighted by molar-refractivity contribution is 7.80. The van der Waals surface area contributed by atoms with Crippen LogP contribution in [-0.4, -0.2) is 70.5 Å². The van der Waals surface area contributed by atoms with Crippen LogP contribution < -0.4 is 20.7 Å². The van der Waals surface area contributed by atoms with Gasteiger partial charge in [0.2, 0.25) is 5.91 Å². The second-order valence-electron chi connectivity index (χ2n) is 9.54. The molecule has 1 unspecified atom stereocenters. The Hall–Kier alpha value is -3.64. The highest BCUT2D eigenvalue weighted by Gasteiger charge is 2.25. The molecule has 39 heavy (non-hydrogen) atoms. The monoisotopic (exact) mass is 552 g/mol. The van der Waals surface area contributed by atoms with Gasteiger partial charge in [0.25, 0.3) is 0 Å². The first kappa shape index (κ1) is 28.4. The number of nitrogens with zero attached hydrogens (tertiary/aromatic N) is 3. The number of rotatable bonds is 9. The molecule has 4 N–H and O–H groups in total. The van der Waals surface area contributed by atoms with Gasteiger partial charge in [-0.15, -0.1) is 0 Å². The summed E-state index contributed by atoms with van der Waals surface area (Å²) in [7, 11) is 4.14. The van der Waals surface area contributed by atoms with E-state index in [0.717, 1.165) is 31.5 Å². The second-order valence-corrected chi connectivity index (χ2v) is 9.95. The molecule has 11 heteroatoms. The van der Waals surface area contributed by atoms with E-state index in [0.29, 0.717) is 23.3 Å². The van der Waals surface area contributed by atoms with Crippen LogP contribution in [0.4, 0.5) is 15.9 Å². The predicted octanol–water partition coefficient (Wildman–Crippen LogP) is 3.78. The molecule has 0 radical (unpaired) electrons. The molecule has 3 aromatic rings. The Morgan fingerprint density at radius 3 is 2.62 bits per heavy atom. The van der Waals surface area contributed by atoms with Crippen LogP contribution in [0, 0.1) is 5.82 Å². The maximum atomic E-state index is 14.8. The normalized spacial score (nSPS) is 15.0. The smallest absolute Gasteiger partial charge is 0.230 e. The van der Waals surface area contributed by atoms with Crippen molar-refractivity contribution in [2.24, 2.45) is 0 Å². The molecule has 1 saturated heterocycles. The Morgan fingerprint density at radius 2 is 1.92 bits per heavy atom. The number of aliphatic hydroxyl groups excluding tert-OH is 1. The number of anilines is 2. The minimum atomic E-state index is -0.894. The number of pyridine rings is 1. The summed E-state index contributed by atoms with van der Waals surface area (Å²) in [5, 5.41) is 19.1. The third kappa shape index (κ3) is 8.42. The molecule has 2 aromatic carbocycles. The predicted molar refractivity (Wildman–Crippen MR) is 153 cm³/mol. The molecule has 1 fully saturated rings. The molecule has 206 valence electrons. The van der Waals surface area contributed by atoms with Crippen LogP contribution >= 0.6 is 12.2 Å². The number of amides is 1. The van der Waals surface area contributed by atoms with Gasteiger partial charge in [-0.1, -0.05) is 30.3 Å². The Morgan fingerprint density at radius 1 is 1.18 bits per heavy atom. The van der Waals surface area contributed by atoms with Gasteiger partial charge in [-0.2, -0.15) is 0 Å². The van der Waals surface area contributed by atoms with Crippen LogP contribution in [0.1, 0.15) is 18.4 Å². The van der Waals surface area contributed by atoms with Crippen LogP contribution in [-0.2, 0) is 11.2 Å². The third-order valence-corrected chi connectivity index (χ3v) is 6.67. The Bertz CT molecular complexity index is 1270.